The van der Waals surface area contributed by atoms with E-state index in [-0.39, 0.29) is 35.1 Å². The number of fused-ring (bicyclic) bond motifs is 2. The molecule has 12 heteroatoms. The van der Waals surface area contributed by atoms with Gasteiger partial charge >= 0.3 is 6.18 Å². The molecule has 0 spiro atoms. The van der Waals surface area contributed by atoms with E-state index in [4.69, 9.17) is 0 Å². The lowest BCUT2D eigenvalue weighted by molar-refractivity contribution is -0.138. The largest absolute Gasteiger partial charge is 0.416 e. The Kier molecular flexibility index (Phi) is 5.56. The average molecular weight is 492 g/mol. The van der Waals surface area contributed by atoms with Crippen molar-refractivity contribution in [1.82, 2.24) is 19.1 Å². The van der Waals surface area contributed by atoms with Crippen molar-refractivity contribution in [1.29, 1.82) is 0 Å². The van der Waals surface area contributed by atoms with E-state index >= 15 is 0 Å². The Labute approximate surface area is 197 Å². The van der Waals surface area contributed by atoms with Gasteiger partial charge in [0.25, 0.3) is 5.56 Å². The van der Waals surface area contributed by atoms with Gasteiger partial charge in [-0.2, -0.15) is 23.1 Å². The molecule has 2 aliphatic rings. The lowest BCUT2D eigenvalue weighted by Gasteiger charge is -2.32. The number of aromatic nitrogens is 4. The highest BCUT2D eigenvalue weighted by atomic mass is 19.4. The van der Waals surface area contributed by atoms with Gasteiger partial charge in [-0.25, -0.2) is 4.39 Å². The first-order chi connectivity index (χ1) is 16.6. The van der Waals surface area contributed by atoms with E-state index in [2.05, 4.69) is 16.9 Å². The summed E-state index contributed by atoms with van der Waals surface area (Å²) in [5.41, 5.74) is -1.83. The number of rotatable bonds is 4. The zero-order valence-electron chi connectivity index (χ0n) is 19.3. The Bertz CT molecular complexity index is 1380. The molecule has 2 aromatic heterocycles. The summed E-state index contributed by atoms with van der Waals surface area (Å²) in [5, 5.41) is 0. The lowest BCUT2D eigenvalue weighted by Crippen LogP contribution is -2.36. The van der Waals surface area contributed by atoms with E-state index in [1.54, 1.807) is 6.92 Å². The fourth-order valence-electron chi connectivity index (χ4n) is 4.99. The second-order valence-corrected chi connectivity index (χ2v) is 9.10. The number of anilines is 2. The Morgan fingerprint density at radius 3 is 2.57 bits per heavy atom. The summed E-state index contributed by atoms with van der Waals surface area (Å²) < 4.78 is 57.8. The zero-order valence-corrected chi connectivity index (χ0v) is 19.3. The number of benzene rings is 1. The van der Waals surface area contributed by atoms with Crippen molar-refractivity contribution in [2.24, 2.45) is 5.92 Å². The molecule has 0 aliphatic carbocycles. The first kappa shape index (κ1) is 23.3. The molecule has 0 bridgehead atoms. The lowest BCUT2D eigenvalue weighted by atomic mass is 10.0. The molecule has 1 atom stereocenters. The van der Waals surface area contributed by atoms with Crippen molar-refractivity contribution < 1.29 is 22.4 Å². The molecule has 0 radical (unpaired) electrons. The smallest absolute Gasteiger partial charge is 0.342 e. The Morgan fingerprint density at radius 2 is 1.89 bits per heavy atom. The molecule has 0 N–H and O–H groups in total. The molecule has 186 valence electrons. The summed E-state index contributed by atoms with van der Waals surface area (Å²) in [6.45, 7) is 4.73. The monoisotopic (exact) mass is 492 g/mol. The summed E-state index contributed by atoms with van der Waals surface area (Å²) in [6, 6.07) is 2.30. The molecule has 4 heterocycles. The van der Waals surface area contributed by atoms with E-state index < -0.39 is 29.7 Å². The van der Waals surface area contributed by atoms with Crippen LogP contribution in [0.15, 0.2) is 23.0 Å². The van der Waals surface area contributed by atoms with Gasteiger partial charge in [0.1, 0.15) is 12.4 Å². The van der Waals surface area contributed by atoms with Gasteiger partial charge in [-0.05, 0) is 49.4 Å². The number of nitrogens with zero attached hydrogens (tertiary/aromatic N) is 6. The van der Waals surface area contributed by atoms with Gasteiger partial charge in [-0.15, -0.1) is 0 Å². The summed E-state index contributed by atoms with van der Waals surface area (Å²) in [6.07, 6.45) is -2.84. The topological polar surface area (TPSA) is 76.3 Å². The maximum absolute atomic E-state index is 14.0. The molecule has 8 nitrogen and oxygen atoms in total. The quantitative estimate of drug-likeness (QED) is 0.522. The van der Waals surface area contributed by atoms with Crippen molar-refractivity contribution in [3.05, 3.63) is 45.5 Å². The molecular formula is C23H24F4N6O2. The van der Waals surface area contributed by atoms with E-state index in [1.165, 1.54) is 14.0 Å². The SMILES string of the molecule is CCN1C(=O)Cn2c1nc1nc(N3CCC[C@@H](C)C3)n(Cc3cc(F)ccc3C(F)(F)F)c1c2=O. The first-order valence-corrected chi connectivity index (χ1v) is 11.5. The standard InChI is InChI=1S/C23H24F4N6O2/c1-3-31-17(34)12-33-20(35)18-19(29-22(31)33)28-21(30-8-4-5-13(2)10-30)32(18)11-14-9-15(24)6-7-16(14)23(25,26)27/h6-7,9,13H,3-5,8,10-12H2,1-2H3/t13-/m1/s1. The molecule has 0 saturated carbocycles. The number of alkyl halides is 3. The number of likely N-dealkylation sites (N-methyl/N-ethyl adjacent to an activating group) is 1. The number of carbonyl (C=O) groups is 1. The number of hydrogen-bond donors (Lipinski definition) is 0. The number of carbonyl (C=O) groups excluding carboxylic acids is 1. The van der Waals surface area contributed by atoms with Gasteiger partial charge in [-0.3, -0.25) is 23.6 Å². The third kappa shape index (κ3) is 3.94. The third-order valence-electron chi connectivity index (χ3n) is 6.62. The minimum absolute atomic E-state index is 0.00915. The molecule has 1 fully saturated rings. The van der Waals surface area contributed by atoms with Crippen molar-refractivity contribution >= 4 is 29.0 Å². The van der Waals surface area contributed by atoms with Crippen molar-refractivity contribution in [3.8, 4) is 0 Å². The van der Waals surface area contributed by atoms with Gasteiger partial charge in [0.2, 0.25) is 17.8 Å². The van der Waals surface area contributed by atoms with Crippen LogP contribution in [0.1, 0.15) is 37.8 Å². The average Bonchev–Trinajstić information content (AvgIpc) is 3.30. The van der Waals surface area contributed by atoms with Gasteiger partial charge in [-0.1, -0.05) is 6.92 Å². The van der Waals surface area contributed by atoms with Gasteiger partial charge in [0.15, 0.2) is 11.2 Å². The second-order valence-electron chi connectivity index (χ2n) is 9.10. The Balaban J connectivity index is 1.74. The number of hydrogen-bond acceptors (Lipinski definition) is 5. The van der Waals surface area contributed by atoms with Gasteiger partial charge in [0, 0.05) is 19.6 Å². The molecule has 1 amide bonds. The van der Waals surface area contributed by atoms with E-state index in [9.17, 15) is 27.2 Å². The van der Waals surface area contributed by atoms with Crippen LogP contribution in [0.5, 0.6) is 0 Å². The molecule has 5 rings (SSSR count). The maximum atomic E-state index is 14.0. The van der Waals surface area contributed by atoms with Crippen LogP contribution in [0.4, 0.5) is 29.5 Å². The normalized spacial score (nSPS) is 18.6. The zero-order chi connectivity index (χ0) is 25.1. The van der Waals surface area contributed by atoms with Crippen molar-refractivity contribution in [2.45, 2.75) is 46.0 Å². The predicted octanol–water partition coefficient (Wildman–Crippen LogP) is 3.40. The summed E-state index contributed by atoms with van der Waals surface area (Å²) >= 11 is 0. The third-order valence-corrected chi connectivity index (χ3v) is 6.62. The molecular weight excluding hydrogens is 468 g/mol. The van der Waals surface area contributed by atoms with Crippen molar-refractivity contribution in [3.63, 3.8) is 0 Å². The van der Waals surface area contributed by atoms with Crippen LogP contribution in [0.3, 0.4) is 0 Å². The summed E-state index contributed by atoms with van der Waals surface area (Å²) in [7, 11) is 0. The minimum atomic E-state index is -4.71. The Hall–Kier alpha value is -3.44. The van der Waals surface area contributed by atoms with Crippen LogP contribution in [-0.2, 0) is 24.1 Å². The van der Waals surface area contributed by atoms with Crippen LogP contribution in [0.25, 0.3) is 11.2 Å². The molecule has 2 aliphatic heterocycles. The first-order valence-electron chi connectivity index (χ1n) is 11.5. The summed E-state index contributed by atoms with van der Waals surface area (Å²) in [4.78, 5) is 38.2. The highest BCUT2D eigenvalue weighted by Crippen LogP contribution is 2.34. The van der Waals surface area contributed by atoms with Gasteiger partial charge in [0.05, 0.1) is 12.1 Å². The number of halogens is 4. The van der Waals surface area contributed by atoms with E-state index in [0.717, 1.165) is 25.0 Å². The number of amides is 1. The van der Waals surface area contributed by atoms with Gasteiger partial charge < -0.3 is 4.90 Å². The van der Waals surface area contributed by atoms with E-state index in [1.807, 2.05) is 4.90 Å². The molecule has 35 heavy (non-hydrogen) atoms. The molecule has 0 unspecified atom stereocenters. The highest BCUT2D eigenvalue weighted by molar-refractivity contribution is 5.96. The van der Waals surface area contributed by atoms with Crippen LogP contribution in [0.2, 0.25) is 0 Å². The Morgan fingerprint density at radius 1 is 1.14 bits per heavy atom. The maximum Gasteiger partial charge on any atom is 0.416 e. The minimum Gasteiger partial charge on any atom is -0.342 e. The highest BCUT2D eigenvalue weighted by Gasteiger charge is 2.36. The molecule has 3 aromatic rings. The van der Waals surface area contributed by atoms with E-state index in [0.29, 0.717) is 37.6 Å². The fourth-order valence-corrected chi connectivity index (χ4v) is 4.99. The van der Waals surface area contributed by atoms with Crippen LogP contribution in [-0.4, -0.2) is 44.6 Å². The van der Waals surface area contributed by atoms with Crippen LogP contribution in [0, 0.1) is 11.7 Å². The number of imidazole rings is 1. The van der Waals surface area contributed by atoms with Crippen LogP contribution < -0.4 is 15.4 Å². The van der Waals surface area contributed by atoms with Crippen molar-refractivity contribution in [2.75, 3.05) is 29.4 Å². The molecule has 1 saturated heterocycles. The predicted molar refractivity (Wildman–Crippen MR) is 121 cm³/mol. The van der Waals surface area contributed by atoms with Crippen LogP contribution >= 0.6 is 0 Å². The molecule has 1 aromatic carbocycles. The summed E-state index contributed by atoms with van der Waals surface area (Å²) in [5.74, 6) is -0.312. The second kappa shape index (κ2) is 8.35. The fraction of sp³-hybridized carbons (Fsp3) is 0.478. The number of piperidine rings is 1.